The molecule has 0 saturated heterocycles. The van der Waals surface area contributed by atoms with E-state index in [1.54, 1.807) is 16.8 Å². The van der Waals surface area contributed by atoms with Crippen LogP contribution in [-0.4, -0.2) is 19.9 Å². The summed E-state index contributed by atoms with van der Waals surface area (Å²) in [6, 6.07) is 16.5. The van der Waals surface area contributed by atoms with Crippen LogP contribution in [0.15, 0.2) is 65.3 Å². The van der Waals surface area contributed by atoms with Gasteiger partial charge in [-0.15, -0.1) is 0 Å². The molecule has 0 unspecified atom stereocenters. The Morgan fingerprint density at radius 2 is 1.89 bits per heavy atom. The number of aromatic nitrogens is 4. The molecule has 0 N–H and O–H groups in total. The van der Waals surface area contributed by atoms with Gasteiger partial charge >= 0.3 is 0 Å². The van der Waals surface area contributed by atoms with Gasteiger partial charge in [0.25, 0.3) is 5.89 Å². The fraction of sp³-hybridized carbons (Fsp3) is 0.190. The molecule has 1 aliphatic rings. The van der Waals surface area contributed by atoms with E-state index < -0.39 is 0 Å². The molecule has 0 aliphatic heterocycles. The van der Waals surface area contributed by atoms with E-state index in [0.29, 0.717) is 17.4 Å². The standard InChI is InChI=1S/C21H17FN4O/c1-14-7-8-15(22)13-17(14)21(10-11-21)20-23-19(27-25-20)18-9-12-26(24-18)16-5-3-2-4-6-16/h2-9,12-13H,10-11H2,1H3. The van der Waals surface area contributed by atoms with Gasteiger partial charge in [-0.2, -0.15) is 10.1 Å². The first-order chi connectivity index (χ1) is 13.2. The van der Waals surface area contributed by atoms with Gasteiger partial charge in [-0.25, -0.2) is 9.07 Å². The molecule has 0 amide bonds. The molecule has 6 heteroatoms. The third kappa shape index (κ3) is 2.65. The maximum Gasteiger partial charge on any atom is 0.278 e. The highest BCUT2D eigenvalue weighted by Crippen LogP contribution is 2.53. The number of nitrogens with zero attached hydrogens (tertiary/aromatic N) is 4. The van der Waals surface area contributed by atoms with Crippen LogP contribution in [0.5, 0.6) is 0 Å². The molecule has 5 nitrogen and oxygen atoms in total. The zero-order chi connectivity index (χ0) is 18.4. The Morgan fingerprint density at radius 3 is 2.67 bits per heavy atom. The van der Waals surface area contributed by atoms with Gasteiger partial charge in [-0.1, -0.05) is 29.4 Å². The lowest BCUT2D eigenvalue weighted by Gasteiger charge is -2.14. The van der Waals surface area contributed by atoms with Crippen molar-refractivity contribution in [3.63, 3.8) is 0 Å². The molecule has 2 heterocycles. The van der Waals surface area contributed by atoms with E-state index in [4.69, 9.17) is 4.52 Å². The predicted octanol–water partition coefficient (Wildman–Crippen LogP) is 4.45. The summed E-state index contributed by atoms with van der Waals surface area (Å²) >= 11 is 0. The lowest BCUT2D eigenvalue weighted by atomic mass is 9.91. The van der Waals surface area contributed by atoms with Crippen molar-refractivity contribution in [2.75, 3.05) is 0 Å². The number of benzene rings is 2. The quantitative estimate of drug-likeness (QED) is 0.539. The van der Waals surface area contributed by atoms with E-state index in [1.165, 1.54) is 6.07 Å². The lowest BCUT2D eigenvalue weighted by Crippen LogP contribution is -2.13. The Kier molecular flexibility index (Phi) is 3.47. The second-order valence-corrected chi connectivity index (χ2v) is 6.95. The molecule has 5 rings (SSSR count). The summed E-state index contributed by atoms with van der Waals surface area (Å²) < 4.78 is 21.0. The van der Waals surface area contributed by atoms with Crippen LogP contribution < -0.4 is 0 Å². The van der Waals surface area contributed by atoms with Crippen molar-refractivity contribution in [3.05, 3.63) is 83.6 Å². The van der Waals surface area contributed by atoms with Crippen molar-refractivity contribution in [3.8, 4) is 17.3 Å². The number of halogens is 1. The van der Waals surface area contributed by atoms with Crippen LogP contribution in [0.3, 0.4) is 0 Å². The zero-order valence-electron chi connectivity index (χ0n) is 14.8. The van der Waals surface area contributed by atoms with Crippen molar-refractivity contribution in [2.45, 2.75) is 25.2 Å². The minimum Gasteiger partial charge on any atom is -0.332 e. The zero-order valence-corrected chi connectivity index (χ0v) is 14.8. The Hall–Kier alpha value is -3.28. The monoisotopic (exact) mass is 360 g/mol. The third-order valence-electron chi connectivity index (χ3n) is 5.15. The van der Waals surface area contributed by atoms with Gasteiger partial charge < -0.3 is 4.52 Å². The van der Waals surface area contributed by atoms with Crippen LogP contribution >= 0.6 is 0 Å². The molecule has 0 spiro atoms. The molecule has 4 aromatic rings. The maximum atomic E-state index is 13.8. The highest BCUT2D eigenvalue weighted by Gasteiger charge is 2.51. The number of hydrogen-bond acceptors (Lipinski definition) is 4. The normalized spacial score (nSPS) is 15.0. The van der Waals surface area contributed by atoms with Crippen molar-refractivity contribution in [1.29, 1.82) is 0 Å². The molecule has 1 aliphatic carbocycles. The van der Waals surface area contributed by atoms with E-state index >= 15 is 0 Å². The summed E-state index contributed by atoms with van der Waals surface area (Å²) in [5.74, 6) is 0.729. The Bertz CT molecular complexity index is 1110. The number of aryl methyl sites for hydroxylation is 1. The van der Waals surface area contributed by atoms with Crippen LogP contribution in [0.2, 0.25) is 0 Å². The first-order valence-electron chi connectivity index (χ1n) is 8.88. The van der Waals surface area contributed by atoms with Crippen LogP contribution in [0.25, 0.3) is 17.3 Å². The smallest absolute Gasteiger partial charge is 0.278 e. The maximum absolute atomic E-state index is 13.8. The van der Waals surface area contributed by atoms with Crippen molar-refractivity contribution < 1.29 is 8.91 Å². The largest absolute Gasteiger partial charge is 0.332 e. The molecule has 0 radical (unpaired) electrons. The molecule has 1 fully saturated rings. The third-order valence-corrected chi connectivity index (χ3v) is 5.15. The van der Waals surface area contributed by atoms with Crippen LogP contribution in [0, 0.1) is 12.7 Å². The van der Waals surface area contributed by atoms with Gasteiger partial charge in [0.05, 0.1) is 11.1 Å². The van der Waals surface area contributed by atoms with Gasteiger partial charge in [-0.05, 0) is 61.2 Å². The summed E-state index contributed by atoms with van der Waals surface area (Å²) in [5.41, 5.74) is 3.19. The number of rotatable bonds is 4. The summed E-state index contributed by atoms with van der Waals surface area (Å²) in [6.07, 6.45) is 3.63. The Labute approximate surface area is 155 Å². The minimum absolute atomic E-state index is 0.243. The average Bonchev–Trinajstić information content (AvgIpc) is 3.12. The van der Waals surface area contributed by atoms with E-state index in [1.807, 2.05) is 49.5 Å². The molecule has 2 aromatic heterocycles. The number of para-hydroxylation sites is 1. The molecule has 0 atom stereocenters. The molecule has 1 saturated carbocycles. The van der Waals surface area contributed by atoms with Gasteiger partial charge in [0.15, 0.2) is 11.5 Å². The van der Waals surface area contributed by atoms with Gasteiger partial charge in [0.2, 0.25) is 0 Å². The van der Waals surface area contributed by atoms with Crippen LogP contribution in [0.1, 0.15) is 29.8 Å². The van der Waals surface area contributed by atoms with E-state index in [2.05, 4.69) is 15.2 Å². The summed E-state index contributed by atoms with van der Waals surface area (Å²) in [4.78, 5) is 4.59. The molecular formula is C21H17FN4O. The van der Waals surface area contributed by atoms with Crippen LogP contribution in [0.4, 0.5) is 4.39 Å². The molecule has 27 heavy (non-hydrogen) atoms. The Morgan fingerprint density at radius 1 is 1.07 bits per heavy atom. The topological polar surface area (TPSA) is 56.7 Å². The molecule has 2 aromatic carbocycles. The first kappa shape index (κ1) is 15.9. The van der Waals surface area contributed by atoms with Crippen molar-refractivity contribution >= 4 is 0 Å². The van der Waals surface area contributed by atoms with Gasteiger partial charge in [-0.3, -0.25) is 0 Å². The SMILES string of the molecule is Cc1ccc(F)cc1C1(c2noc(-c3ccn(-c4ccccc4)n3)n2)CC1. The average molecular weight is 360 g/mol. The van der Waals surface area contributed by atoms with Crippen LogP contribution in [-0.2, 0) is 5.41 Å². The van der Waals surface area contributed by atoms with Crippen molar-refractivity contribution in [1.82, 2.24) is 19.9 Å². The highest BCUT2D eigenvalue weighted by atomic mass is 19.1. The number of hydrogen-bond donors (Lipinski definition) is 0. The second kappa shape index (κ2) is 5.87. The summed E-state index contributed by atoms with van der Waals surface area (Å²) in [7, 11) is 0. The van der Waals surface area contributed by atoms with E-state index in [9.17, 15) is 4.39 Å². The molecule has 0 bridgehead atoms. The second-order valence-electron chi connectivity index (χ2n) is 6.95. The van der Waals surface area contributed by atoms with Gasteiger partial charge in [0, 0.05) is 6.20 Å². The summed E-state index contributed by atoms with van der Waals surface area (Å²) in [6.45, 7) is 1.98. The lowest BCUT2D eigenvalue weighted by molar-refractivity contribution is 0.416. The van der Waals surface area contributed by atoms with E-state index in [0.717, 1.165) is 29.7 Å². The van der Waals surface area contributed by atoms with E-state index in [-0.39, 0.29) is 11.2 Å². The highest BCUT2D eigenvalue weighted by molar-refractivity contribution is 5.49. The predicted molar refractivity (Wildman–Crippen MR) is 98.0 cm³/mol. The van der Waals surface area contributed by atoms with Crippen molar-refractivity contribution in [2.24, 2.45) is 0 Å². The molecular weight excluding hydrogens is 343 g/mol. The fourth-order valence-electron chi connectivity index (χ4n) is 3.53. The molecule has 134 valence electrons. The first-order valence-corrected chi connectivity index (χ1v) is 8.88. The summed E-state index contributed by atoms with van der Waals surface area (Å²) in [5, 5.41) is 8.73. The van der Waals surface area contributed by atoms with Gasteiger partial charge in [0.1, 0.15) is 5.82 Å². The minimum atomic E-state index is -0.351. The Balaban J connectivity index is 1.49. The fourth-order valence-corrected chi connectivity index (χ4v) is 3.53.